The second-order valence-corrected chi connectivity index (χ2v) is 1.20. The predicted octanol–water partition coefficient (Wildman–Crippen LogP) is -0.284. The maximum absolute atomic E-state index is 8.15. The van der Waals surface area contributed by atoms with Gasteiger partial charge in [0, 0.05) is 13.1 Å². The van der Waals surface area contributed by atoms with Crippen LogP contribution in [0.3, 0.4) is 0 Å². The minimum atomic E-state index is 0. The third kappa shape index (κ3) is 17.7. The van der Waals surface area contributed by atoms with Crippen molar-refractivity contribution >= 4 is 34.0 Å². The van der Waals surface area contributed by atoms with Crippen LogP contribution in [0.2, 0.25) is 0 Å². The van der Waals surface area contributed by atoms with Crippen molar-refractivity contribution in [2.75, 3.05) is 26.3 Å². The van der Waals surface area contributed by atoms with Crippen LogP contribution in [-0.2, 0) is 0 Å². The Hall–Kier alpha value is 0.840. The summed E-state index contributed by atoms with van der Waals surface area (Å²) in [6.07, 6.45) is 0. The summed E-state index contributed by atoms with van der Waals surface area (Å²) < 4.78 is 0. The molecule has 3 N–H and O–H groups in total. The second-order valence-electron chi connectivity index (χ2n) is 1.20. The Balaban J connectivity index is -0.000000180. The van der Waals surface area contributed by atoms with Gasteiger partial charge in [0.1, 0.15) is 0 Å². The number of nitrogens with one attached hydrogen (secondary N) is 1. The Morgan fingerprint density at radius 1 is 0.889 bits per heavy atom. The molecule has 9 heavy (non-hydrogen) atoms. The molecule has 3 nitrogen and oxygen atoms in total. The molecule has 0 atom stereocenters. The number of aliphatic hydroxyl groups is 2. The van der Waals surface area contributed by atoms with E-state index in [9.17, 15) is 0 Å². The van der Waals surface area contributed by atoms with Gasteiger partial charge in [0.25, 0.3) is 0 Å². The molecule has 0 aromatic rings. The first-order valence-electron chi connectivity index (χ1n) is 2.34. The average Bonchev–Trinajstić information content (AvgIpc) is 1.69. The summed E-state index contributed by atoms with van der Waals surface area (Å²) in [6, 6.07) is 0. The third-order valence-electron chi connectivity index (χ3n) is 0.577. The molecular formula is C4H13Br2NO2. The Bertz CT molecular complexity index is 35.7. The lowest BCUT2D eigenvalue weighted by molar-refractivity contribution is 0.267. The van der Waals surface area contributed by atoms with Crippen molar-refractivity contribution in [1.82, 2.24) is 5.32 Å². The molecule has 0 heterocycles. The van der Waals surface area contributed by atoms with Crippen molar-refractivity contribution in [3.05, 3.63) is 0 Å². The van der Waals surface area contributed by atoms with Crippen molar-refractivity contribution in [3.63, 3.8) is 0 Å². The van der Waals surface area contributed by atoms with E-state index in [1.807, 2.05) is 0 Å². The van der Waals surface area contributed by atoms with E-state index in [1.165, 1.54) is 0 Å². The second kappa shape index (κ2) is 15.9. The molecule has 60 valence electrons. The molecule has 0 aliphatic heterocycles. The number of rotatable bonds is 4. The van der Waals surface area contributed by atoms with Gasteiger partial charge < -0.3 is 15.5 Å². The van der Waals surface area contributed by atoms with Crippen molar-refractivity contribution in [3.8, 4) is 0 Å². The predicted molar refractivity (Wildman–Crippen MR) is 47.7 cm³/mol. The van der Waals surface area contributed by atoms with Crippen LogP contribution in [0.25, 0.3) is 0 Å². The first-order valence-corrected chi connectivity index (χ1v) is 2.34. The summed E-state index contributed by atoms with van der Waals surface area (Å²) in [5.41, 5.74) is 0. The van der Waals surface area contributed by atoms with Crippen LogP contribution in [0.1, 0.15) is 0 Å². The van der Waals surface area contributed by atoms with Crippen molar-refractivity contribution in [2.24, 2.45) is 0 Å². The first-order chi connectivity index (χ1) is 3.41. The Kier molecular flexibility index (Phi) is 29.1. The zero-order valence-corrected chi connectivity index (χ0v) is 8.47. The minimum Gasteiger partial charge on any atom is -0.395 e. The molecule has 0 saturated heterocycles. The SMILES string of the molecule is Br.Br.OCCNCCO. The molecule has 0 unspecified atom stereocenters. The van der Waals surface area contributed by atoms with Crippen LogP contribution in [-0.4, -0.2) is 36.5 Å². The first kappa shape index (κ1) is 16.4. The molecule has 0 saturated carbocycles. The van der Waals surface area contributed by atoms with Crippen molar-refractivity contribution in [2.45, 2.75) is 0 Å². The molecule has 0 aliphatic carbocycles. The molecule has 0 aromatic carbocycles. The van der Waals surface area contributed by atoms with Gasteiger partial charge in [-0.2, -0.15) is 0 Å². The molecule has 0 aliphatic rings. The largest absolute Gasteiger partial charge is 0.395 e. The van der Waals surface area contributed by atoms with E-state index in [1.54, 1.807) is 0 Å². The smallest absolute Gasteiger partial charge is 0.0555 e. The lowest BCUT2D eigenvalue weighted by Gasteiger charge is -1.94. The Morgan fingerprint density at radius 2 is 1.22 bits per heavy atom. The van der Waals surface area contributed by atoms with E-state index < -0.39 is 0 Å². The summed E-state index contributed by atoms with van der Waals surface area (Å²) in [4.78, 5) is 0. The lowest BCUT2D eigenvalue weighted by atomic mass is 10.6. The lowest BCUT2D eigenvalue weighted by Crippen LogP contribution is -2.21. The summed E-state index contributed by atoms with van der Waals surface area (Å²) >= 11 is 0. The number of hydrogen-bond acceptors (Lipinski definition) is 3. The van der Waals surface area contributed by atoms with Gasteiger partial charge in [-0.3, -0.25) is 0 Å². The van der Waals surface area contributed by atoms with E-state index in [0.29, 0.717) is 13.1 Å². The molecular weight excluding hydrogens is 254 g/mol. The van der Waals surface area contributed by atoms with E-state index in [0.717, 1.165) is 0 Å². The molecule has 0 radical (unpaired) electrons. The van der Waals surface area contributed by atoms with Crippen LogP contribution in [0.15, 0.2) is 0 Å². The maximum atomic E-state index is 8.15. The van der Waals surface area contributed by atoms with Crippen molar-refractivity contribution < 1.29 is 10.2 Å². The number of halogens is 2. The monoisotopic (exact) mass is 265 g/mol. The zero-order chi connectivity index (χ0) is 5.54. The van der Waals surface area contributed by atoms with E-state index in [2.05, 4.69) is 5.32 Å². The van der Waals surface area contributed by atoms with Gasteiger partial charge in [-0.15, -0.1) is 34.0 Å². The van der Waals surface area contributed by atoms with Crippen LogP contribution >= 0.6 is 34.0 Å². The number of aliphatic hydroxyl groups excluding tert-OH is 2. The summed E-state index contributed by atoms with van der Waals surface area (Å²) in [5, 5.41) is 19.1. The topological polar surface area (TPSA) is 52.5 Å². The third-order valence-corrected chi connectivity index (χ3v) is 0.577. The van der Waals surface area contributed by atoms with Crippen LogP contribution in [0.5, 0.6) is 0 Å². The number of hydrogen-bond donors (Lipinski definition) is 3. The van der Waals surface area contributed by atoms with E-state index >= 15 is 0 Å². The Morgan fingerprint density at radius 3 is 1.44 bits per heavy atom. The summed E-state index contributed by atoms with van der Waals surface area (Å²) in [7, 11) is 0. The average molecular weight is 267 g/mol. The van der Waals surface area contributed by atoms with Gasteiger partial charge in [-0.25, -0.2) is 0 Å². The quantitative estimate of drug-likeness (QED) is 0.614. The molecule has 0 spiro atoms. The fourth-order valence-electron chi connectivity index (χ4n) is 0.283. The van der Waals surface area contributed by atoms with Crippen LogP contribution < -0.4 is 5.32 Å². The van der Waals surface area contributed by atoms with Crippen molar-refractivity contribution in [1.29, 1.82) is 0 Å². The molecule has 5 heteroatoms. The molecule has 0 rings (SSSR count). The zero-order valence-electron chi connectivity index (χ0n) is 5.04. The molecule has 0 amide bonds. The normalized spacial score (nSPS) is 7.33. The molecule has 0 bridgehead atoms. The maximum Gasteiger partial charge on any atom is 0.0555 e. The summed E-state index contributed by atoms with van der Waals surface area (Å²) in [5.74, 6) is 0. The standard InChI is InChI=1S/C4H11NO2.2BrH/c6-3-1-5-2-4-7;;/h5-7H,1-4H2;2*1H. The highest BCUT2D eigenvalue weighted by Crippen LogP contribution is 1.54. The van der Waals surface area contributed by atoms with Gasteiger partial charge in [-0.05, 0) is 0 Å². The van der Waals surface area contributed by atoms with E-state index in [4.69, 9.17) is 10.2 Å². The summed E-state index contributed by atoms with van der Waals surface area (Å²) in [6.45, 7) is 1.42. The van der Waals surface area contributed by atoms with Crippen LogP contribution in [0.4, 0.5) is 0 Å². The van der Waals surface area contributed by atoms with Gasteiger partial charge >= 0.3 is 0 Å². The fraction of sp³-hybridized carbons (Fsp3) is 1.00. The van der Waals surface area contributed by atoms with Gasteiger partial charge in [0.2, 0.25) is 0 Å². The van der Waals surface area contributed by atoms with Crippen LogP contribution in [0, 0.1) is 0 Å². The molecule has 0 aromatic heterocycles. The minimum absolute atomic E-state index is 0. The van der Waals surface area contributed by atoms with Gasteiger partial charge in [-0.1, -0.05) is 0 Å². The highest BCUT2D eigenvalue weighted by Gasteiger charge is 1.78. The highest BCUT2D eigenvalue weighted by atomic mass is 79.9. The fourth-order valence-corrected chi connectivity index (χ4v) is 0.283. The van der Waals surface area contributed by atoms with E-state index in [-0.39, 0.29) is 47.2 Å². The highest BCUT2D eigenvalue weighted by molar-refractivity contribution is 8.93. The van der Waals surface area contributed by atoms with Gasteiger partial charge in [0.15, 0.2) is 0 Å². The van der Waals surface area contributed by atoms with Gasteiger partial charge in [0.05, 0.1) is 13.2 Å². The molecule has 0 fully saturated rings. The Labute approximate surface area is 76.0 Å².